The maximum absolute atomic E-state index is 13.4. The van der Waals surface area contributed by atoms with E-state index in [9.17, 15) is 4.39 Å². The van der Waals surface area contributed by atoms with Crippen molar-refractivity contribution in [2.75, 3.05) is 0 Å². The van der Waals surface area contributed by atoms with Crippen LogP contribution in [0.15, 0.2) is 18.2 Å². The number of hydrogen-bond acceptors (Lipinski definition) is 2. The Morgan fingerprint density at radius 2 is 2.11 bits per heavy atom. The molecule has 2 N–H and O–H groups in total. The summed E-state index contributed by atoms with van der Waals surface area (Å²) in [7, 11) is 0. The van der Waals surface area contributed by atoms with Gasteiger partial charge in [-0.15, -0.1) is 0 Å². The van der Waals surface area contributed by atoms with Crippen molar-refractivity contribution in [2.45, 2.75) is 52.1 Å². The van der Waals surface area contributed by atoms with Crippen LogP contribution >= 0.6 is 0 Å². The van der Waals surface area contributed by atoms with Crippen molar-refractivity contribution in [3.05, 3.63) is 29.8 Å². The highest BCUT2D eigenvalue weighted by atomic mass is 19.1. The Morgan fingerprint density at radius 1 is 1.37 bits per heavy atom. The molecule has 0 bridgehead atoms. The van der Waals surface area contributed by atoms with Crippen molar-refractivity contribution in [2.24, 2.45) is 5.73 Å². The van der Waals surface area contributed by atoms with E-state index in [1.165, 1.54) is 6.07 Å². The van der Waals surface area contributed by atoms with Crippen LogP contribution in [0.1, 0.15) is 45.5 Å². The standard InChI is InChI=1S/C15H22FN3/c1-4-5-12(17)9-15-18-13-7-6-11(16)8-14(13)19(15)10(2)3/h6-8,10,12H,4-5,9,17H2,1-3H3. The first-order valence-electron chi connectivity index (χ1n) is 6.94. The molecule has 1 aromatic carbocycles. The highest BCUT2D eigenvalue weighted by Crippen LogP contribution is 2.23. The second-order valence-electron chi connectivity index (χ2n) is 5.38. The van der Waals surface area contributed by atoms with Crippen molar-refractivity contribution in [1.29, 1.82) is 0 Å². The summed E-state index contributed by atoms with van der Waals surface area (Å²) in [4.78, 5) is 4.61. The number of halogens is 1. The van der Waals surface area contributed by atoms with Crippen LogP contribution in [0.4, 0.5) is 4.39 Å². The van der Waals surface area contributed by atoms with Gasteiger partial charge < -0.3 is 10.3 Å². The van der Waals surface area contributed by atoms with Crippen LogP contribution in [-0.4, -0.2) is 15.6 Å². The summed E-state index contributed by atoms with van der Waals surface area (Å²) >= 11 is 0. The molecule has 0 aliphatic rings. The van der Waals surface area contributed by atoms with Gasteiger partial charge in [-0.2, -0.15) is 0 Å². The quantitative estimate of drug-likeness (QED) is 0.898. The lowest BCUT2D eigenvalue weighted by atomic mass is 10.1. The van der Waals surface area contributed by atoms with Crippen molar-refractivity contribution in [3.63, 3.8) is 0 Å². The first-order chi connectivity index (χ1) is 9.02. The van der Waals surface area contributed by atoms with Crippen molar-refractivity contribution in [1.82, 2.24) is 9.55 Å². The second-order valence-corrected chi connectivity index (χ2v) is 5.38. The van der Waals surface area contributed by atoms with Gasteiger partial charge in [-0.3, -0.25) is 0 Å². The smallest absolute Gasteiger partial charge is 0.125 e. The summed E-state index contributed by atoms with van der Waals surface area (Å²) < 4.78 is 15.5. The number of hydrogen-bond donors (Lipinski definition) is 1. The van der Waals surface area contributed by atoms with Crippen LogP contribution in [0, 0.1) is 5.82 Å². The minimum Gasteiger partial charge on any atom is -0.327 e. The lowest BCUT2D eigenvalue weighted by molar-refractivity contribution is 0.532. The number of imidazole rings is 1. The molecular weight excluding hydrogens is 241 g/mol. The fraction of sp³-hybridized carbons (Fsp3) is 0.533. The van der Waals surface area contributed by atoms with Crippen molar-refractivity contribution >= 4 is 11.0 Å². The molecule has 1 heterocycles. The second kappa shape index (κ2) is 5.70. The Bertz CT molecular complexity index is 560. The van der Waals surface area contributed by atoms with Crippen LogP contribution < -0.4 is 5.73 Å². The molecule has 2 rings (SSSR count). The molecule has 4 heteroatoms. The molecule has 1 atom stereocenters. The predicted molar refractivity (Wildman–Crippen MR) is 76.7 cm³/mol. The molecule has 0 spiro atoms. The number of fused-ring (bicyclic) bond motifs is 1. The summed E-state index contributed by atoms with van der Waals surface area (Å²) in [6.45, 7) is 6.29. The average Bonchev–Trinajstić information content (AvgIpc) is 2.66. The Kier molecular flexibility index (Phi) is 4.20. The maximum atomic E-state index is 13.4. The molecule has 3 nitrogen and oxygen atoms in total. The van der Waals surface area contributed by atoms with Crippen LogP contribution in [0.2, 0.25) is 0 Å². The lowest BCUT2D eigenvalue weighted by Crippen LogP contribution is -2.24. The topological polar surface area (TPSA) is 43.8 Å². The normalized spacial score (nSPS) is 13.4. The van der Waals surface area contributed by atoms with Gasteiger partial charge in [-0.25, -0.2) is 9.37 Å². The third-order valence-electron chi connectivity index (χ3n) is 3.35. The molecule has 0 amide bonds. The molecule has 0 saturated heterocycles. The number of nitrogens with zero attached hydrogens (tertiary/aromatic N) is 2. The molecule has 0 saturated carbocycles. The average molecular weight is 263 g/mol. The van der Waals surface area contributed by atoms with Gasteiger partial charge in [-0.05, 0) is 38.5 Å². The third kappa shape index (κ3) is 2.95. The summed E-state index contributed by atoms with van der Waals surface area (Å²) in [5, 5.41) is 0. The number of rotatable bonds is 5. The molecule has 2 aromatic rings. The van der Waals surface area contributed by atoms with E-state index in [1.807, 2.05) is 0 Å². The molecule has 1 aromatic heterocycles. The van der Waals surface area contributed by atoms with Gasteiger partial charge in [-0.1, -0.05) is 13.3 Å². The van der Waals surface area contributed by atoms with Gasteiger partial charge >= 0.3 is 0 Å². The number of aromatic nitrogens is 2. The van der Waals surface area contributed by atoms with Gasteiger partial charge in [0.15, 0.2) is 0 Å². The molecule has 19 heavy (non-hydrogen) atoms. The number of nitrogens with two attached hydrogens (primary N) is 1. The fourth-order valence-electron chi connectivity index (χ4n) is 2.54. The molecule has 0 radical (unpaired) electrons. The Labute approximate surface area is 113 Å². The molecule has 0 aliphatic carbocycles. The molecule has 0 aliphatic heterocycles. The van der Waals surface area contributed by atoms with Gasteiger partial charge in [0.2, 0.25) is 0 Å². The monoisotopic (exact) mass is 263 g/mol. The first kappa shape index (κ1) is 14.0. The van der Waals surface area contributed by atoms with Crippen LogP contribution in [0.5, 0.6) is 0 Å². The van der Waals surface area contributed by atoms with Gasteiger partial charge in [0.05, 0.1) is 11.0 Å². The Balaban J connectivity index is 2.45. The first-order valence-corrected chi connectivity index (χ1v) is 6.94. The Morgan fingerprint density at radius 3 is 2.74 bits per heavy atom. The van der Waals surface area contributed by atoms with Gasteiger partial charge in [0.1, 0.15) is 11.6 Å². The van der Waals surface area contributed by atoms with Gasteiger partial charge in [0, 0.05) is 18.5 Å². The van der Waals surface area contributed by atoms with Gasteiger partial charge in [0.25, 0.3) is 0 Å². The van der Waals surface area contributed by atoms with Crippen LogP contribution in [-0.2, 0) is 6.42 Å². The molecule has 104 valence electrons. The van der Waals surface area contributed by atoms with E-state index in [4.69, 9.17) is 5.73 Å². The summed E-state index contributed by atoms with van der Waals surface area (Å²) in [6.07, 6.45) is 2.79. The van der Waals surface area contributed by atoms with E-state index in [0.717, 1.165) is 36.1 Å². The van der Waals surface area contributed by atoms with E-state index >= 15 is 0 Å². The van der Waals surface area contributed by atoms with Crippen LogP contribution in [0.25, 0.3) is 11.0 Å². The maximum Gasteiger partial charge on any atom is 0.125 e. The van der Waals surface area contributed by atoms with Crippen molar-refractivity contribution < 1.29 is 4.39 Å². The Hall–Kier alpha value is -1.42. The largest absolute Gasteiger partial charge is 0.327 e. The predicted octanol–water partition coefficient (Wildman–Crippen LogP) is 3.43. The summed E-state index contributed by atoms with van der Waals surface area (Å²) in [5.74, 6) is 0.732. The molecule has 1 unspecified atom stereocenters. The zero-order chi connectivity index (χ0) is 14.0. The van der Waals surface area contributed by atoms with E-state index < -0.39 is 0 Å². The summed E-state index contributed by atoms with van der Waals surface area (Å²) in [5.41, 5.74) is 7.81. The molecular formula is C15H22FN3. The SMILES string of the molecule is CCCC(N)Cc1nc2ccc(F)cc2n1C(C)C. The lowest BCUT2D eigenvalue weighted by Gasteiger charge is -2.15. The van der Waals surface area contributed by atoms with E-state index in [-0.39, 0.29) is 17.9 Å². The summed E-state index contributed by atoms with van der Waals surface area (Å²) in [6, 6.07) is 5.10. The minimum absolute atomic E-state index is 0.115. The van der Waals surface area contributed by atoms with E-state index in [1.54, 1.807) is 12.1 Å². The van der Waals surface area contributed by atoms with E-state index in [0.29, 0.717) is 0 Å². The van der Waals surface area contributed by atoms with Crippen molar-refractivity contribution in [3.8, 4) is 0 Å². The molecule has 0 fully saturated rings. The minimum atomic E-state index is -0.223. The number of benzene rings is 1. The van der Waals surface area contributed by atoms with E-state index in [2.05, 4.69) is 30.3 Å². The zero-order valence-electron chi connectivity index (χ0n) is 11.9. The highest BCUT2D eigenvalue weighted by Gasteiger charge is 2.16. The zero-order valence-corrected chi connectivity index (χ0v) is 11.9. The third-order valence-corrected chi connectivity index (χ3v) is 3.35. The van der Waals surface area contributed by atoms with Crippen LogP contribution in [0.3, 0.4) is 0 Å². The fourth-order valence-corrected chi connectivity index (χ4v) is 2.54. The highest BCUT2D eigenvalue weighted by molar-refractivity contribution is 5.76.